The first-order valence-electron chi connectivity index (χ1n) is 12.5. The Bertz CT molecular complexity index is 664. The van der Waals surface area contributed by atoms with Crippen molar-refractivity contribution in [3.8, 4) is 0 Å². The summed E-state index contributed by atoms with van der Waals surface area (Å²) in [4.78, 5) is 47.2. The number of nitrogens with one attached hydrogen (secondary N) is 4. The Kier molecular flexibility index (Phi) is 19.0. The van der Waals surface area contributed by atoms with Gasteiger partial charge in [-0.25, -0.2) is 4.79 Å². The number of allylic oxidation sites excluding steroid dienone is 1. The van der Waals surface area contributed by atoms with Crippen LogP contribution in [-0.4, -0.2) is 48.9 Å². The highest BCUT2D eigenvalue weighted by molar-refractivity contribution is 5.91. The molecule has 0 aromatic carbocycles. The van der Waals surface area contributed by atoms with Gasteiger partial charge in [-0.05, 0) is 20.3 Å². The Balaban J connectivity index is 4.03. The van der Waals surface area contributed by atoms with E-state index in [0.717, 1.165) is 18.9 Å². The number of urea groups is 1. The van der Waals surface area contributed by atoms with Crippen LogP contribution < -0.4 is 27.0 Å². The van der Waals surface area contributed by atoms with Crippen molar-refractivity contribution in [3.05, 3.63) is 24.3 Å². The number of rotatable bonds is 19. The molecule has 0 unspecified atom stereocenters. The van der Waals surface area contributed by atoms with Gasteiger partial charge in [0.15, 0.2) is 0 Å². The fourth-order valence-corrected chi connectivity index (χ4v) is 3.26. The van der Waals surface area contributed by atoms with E-state index < -0.39 is 35.8 Å². The Labute approximate surface area is 204 Å². The molecule has 0 aliphatic rings. The molecule has 34 heavy (non-hydrogen) atoms. The molecule has 9 nitrogen and oxygen atoms in total. The molecule has 0 rings (SSSR count). The molecule has 9 heteroatoms. The van der Waals surface area contributed by atoms with Gasteiger partial charge in [0.1, 0.15) is 6.04 Å². The summed E-state index contributed by atoms with van der Waals surface area (Å²) in [7, 11) is 0. The van der Waals surface area contributed by atoms with Gasteiger partial charge in [0.05, 0.1) is 6.54 Å². The number of primary amides is 1. The highest BCUT2D eigenvalue weighted by atomic mass is 16.2. The van der Waals surface area contributed by atoms with Crippen LogP contribution in [0.4, 0.5) is 4.79 Å². The van der Waals surface area contributed by atoms with Crippen LogP contribution in [0.25, 0.3) is 0 Å². The summed E-state index contributed by atoms with van der Waals surface area (Å²) in [5.74, 6) is -1.55. The Morgan fingerprint density at radius 1 is 0.824 bits per heavy atom. The molecule has 0 radical (unpaired) electrons. The average molecular weight is 480 g/mol. The molecule has 6 N–H and O–H groups in total. The minimum atomic E-state index is -0.904. The van der Waals surface area contributed by atoms with Crippen molar-refractivity contribution in [2.24, 2.45) is 5.73 Å². The van der Waals surface area contributed by atoms with Crippen molar-refractivity contribution in [1.82, 2.24) is 21.3 Å². The van der Waals surface area contributed by atoms with Crippen molar-refractivity contribution < 1.29 is 19.2 Å². The van der Waals surface area contributed by atoms with E-state index in [1.54, 1.807) is 19.9 Å². The molecule has 0 spiro atoms. The maximum absolute atomic E-state index is 12.4. The fraction of sp³-hybridized carbons (Fsp3) is 0.680. The molecule has 0 saturated carbocycles. The van der Waals surface area contributed by atoms with Crippen LogP contribution in [0, 0.1) is 0 Å². The van der Waals surface area contributed by atoms with E-state index in [-0.39, 0.29) is 6.54 Å². The largest absolute Gasteiger partial charge is 0.366 e. The second kappa shape index (κ2) is 20.7. The van der Waals surface area contributed by atoms with E-state index in [9.17, 15) is 19.2 Å². The number of hydrogen-bond acceptors (Lipinski definition) is 4. The predicted molar refractivity (Wildman–Crippen MR) is 136 cm³/mol. The van der Waals surface area contributed by atoms with Crippen LogP contribution in [0.5, 0.6) is 0 Å². The number of carbonyl (C=O) groups excluding carboxylic acids is 4. The molecule has 0 fully saturated rings. The van der Waals surface area contributed by atoms with Crippen LogP contribution in [-0.2, 0) is 14.4 Å². The lowest BCUT2D eigenvalue weighted by Crippen LogP contribution is -2.50. The first-order chi connectivity index (χ1) is 16.3. The van der Waals surface area contributed by atoms with Crippen LogP contribution >= 0.6 is 0 Å². The Morgan fingerprint density at radius 3 is 1.97 bits per heavy atom. The van der Waals surface area contributed by atoms with Gasteiger partial charge in [0.25, 0.3) is 0 Å². The maximum atomic E-state index is 12.4. The zero-order chi connectivity index (χ0) is 25.6. The van der Waals surface area contributed by atoms with Gasteiger partial charge in [-0.15, -0.1) is 0 Å². The minimum Gasteiger partial charge on any atom is -0.366 e. The Morgan fingerprint density at radius 2 is 1.41 bits per heavy atom. The van der Waals surface area contributed by atoms with Gasteiger partial charge in [-0.1, -0.05) is 82.9 Å². The van der Waals surface area contributed by atoms with Gasteiger partial charge in [0, 0.05) is 18.7 Å². The van der Waals surface area contributed by atoms with Gasteiger partial charge < -0.3 is 27.0 Å². The standard InChI is InChI=1S/C25H45N5O4/c1-4-6-7-8-9-10-11-12-13-14-18-27-25(34)28-19-23(32)30-21(15-5-2)24(33)29-20(3)16-17-22(26)31/h5,15-17,20-21H,4,6-14,18-19H2,1-3H3,(H2,26,31)(H,29,33)(H,30,32)(H2,27,28,34)/b15-5+,17-16+/t20-,21-/m0/s1. The third kappa shape index (κ3) is 18.7. The lowest BCUT2D eigenvalue weighted by atomic mass is 10.1. The van der Waals surface area contributed by atoms with Crippen molar-refractivity contribution in [3.63, 3.8) is 0 Å². The molecule has 0 heterocycles. The molecule has 0 aliphatic heterocycles. The first kappa shape index (κ1) is 31.2. The molecule has 194 valence electrons. The minimum absolute atomic E-state index is 0.248. The molecule has 0 aliphatic carbocycles. The van der Waals surface area contributed by atoms with E-state index in [4.69, 9.17) is 5.73 Å². The average Bonchev–Trinajstić information content (AvgIpc) is 2.79. The molecular formula is C25H45N5O4. The van der Waals surface area contributed by atoms with E-state index in [2.05, 4.69) is 28.2 Å². The quantitative estimate of drug-likeness (QED) is 0.110. The zero-order valence-electron chi connectivity index (χ0n) is 21.2. The summed E-state index contributed by atoms with van der Waals surface area (Å²) in [5.41, 5.74) is 5.04. The summed E-state index contributed by atoms with van der Waals surface area (Å²) in [6.07, 6.45) is 18.0. The second-order valence-electron chi connectivity index (χ2n) is 8.42. The highest BCUT2D eigenvalue weighted by Gasteiger charge is 2.19. The first-order valence-corrected chi connectivity index (χ1v) is 12.5. The molecule has 0 aromatic rings. The SMILES string of the molecule is C/C=C/[C@H](NC(=O)CNC(=O)NCCCCCCCCCCCC)C(=O)N[C@@H](C)/C=C/C(N)=O. The van der Waals surface area contributed by atoms with E-state index in [1.807, 2.05) is 0 Å². The van der Waals surface area contributed by atoms with E-state index in [0.29, 0.717) is 6.54 Å². The number of carbonyl (C=O) groups is 4. The van der Waals surface area contributed by atoms with Crippen molar-refractivity contribution >= 4 is 23.8 Å². The van der Waals surface area contributed by atoms with Gasteiger partial charge in [-0.3, -0.25) is 14.4 Å². The van der Waals surface area contributed by atoms with Crippen LogP contribution in [0.3, 0.4) is 0 Å². The summed E-state index contributed by atoms with van der Waals surface area (Å²) in [6, 6.07) is -1.76. The number of unbranched alkanes of at least 4 members (excludes halogenated alkanes) is 9. The van der Waals surface area contributed by atoms with Gasteiger partial charge in [0.2, 0.25) is 17.7 Å². The third-order valence-corrected chi connectivity index (χ3v) is 5.13. The predicted octanol–water partition coefficient (Wildman–Crippen LogP) is 2.81. The van der Waals surface area contributed by atoms with Crippen LogP contribution in [0.2, 0.25) is 0 Å². The highest BCUT2D eigenvalue weighted by Crippen LogP contribution is 2.10. The summed E-state index contributed by atoms with van der Waals surface area (Å²) >= 11 is 0. The molecule has 2 atom stereocenters. The monoisotopic (exact) mass is 479 g/mol. The van der Waals surface area contributed by atoms with Gasteiger partial charge >= 0.3 is 6.03 Å². The van der Waals surface area contributed by atoms with E-state index in [1.165, 1.54) is 63.5 Å². The lowest BCUT2D eigenvalue weighted by Gasteiger charge is -2.17. The van der Waals surface area contributed by atoms with Crippen LogP contribution in [0.15, 0.2) is 24.3 Å². The summed E-state index contributed by atoms with van der Waals surface area (Å²) in [6.45, 7) is 5.93. The molecule has 0 saturated heterocycles. The van der Waals surface area contributed by atoms with E-state index >= 15 is 0 Å². The molecular weight excluding hydrogens is 434 g/mol. The van der Waals surface area contributed by atoms with Crippen molar-refractivity contribution in [2.75, 3.05) is 13.1 Å². The summed E-state index contributed by atoms with van der Waals surface area (Å²) < 4.78 is 0. The zero-order valence-corrected chi connectivity index (χ0v) is 21.2. The van der Waals surface area contributed by atoms with Crippen molar-refractivity contribution in [2.45, 2.75) is 97.1 Å². The fourth-order valence-electron chi connectivity index (χ4n) is 3.26. The molecule has 0 bridgehead atoms. The molecule has 0 aromatic heterocycles. The topological polar surface area (TPSA) is 142 Å². The second-order valence-corrected chi connectivity index (χ2v) is 8.42. The maximum Gasteiger partial charge on any atom is 0.315 e. The smallest absolute Gasteiger partial charge is 0.315 e. The number of amides is 5. The number of nitrogens with two attached hydrogens (primary N) is 1. The lowest BCUT2D eigenvalue weighted by molar-refractivity contribution is -0.127. The third-order valence-electron chi connectivity index (χ3n) is 5.13. The van der Waals surface area contributed by atoms with Crippen LogP contribution in [0.1, 0.15) is 85.0 Å². The van der Waals surface area contributed by atoms with Gasteiger partial charge in [-0.2, -0.15) is 0 Å². The molecule has 5 amide bonds. The Hall–Kier alpha value is -2.84. The van der Waals surface area contributed by atoms with Crippen molar-refractivity contribution in [1.29, 1.82) is 0 Å². The normalized spacial score (nSPS) is 12.9. The number of hydrogen-bond donors (Lipinski definition) is 5. The summed E-state index contributed by atoms with van der Waals surface area (Å²) in [5, 5.41) is 10.5.